The summed E-state index contributed by atoms with van der Waals surface area (Å²) in [5, 5.41) is 3.02. The summed E-state index contributed by atoms with van der Waals surface area (Å²) >= 11 is 0. The van der Waals surface area contributed by atoms with Crippen molar-refractivity contribution in [1.82, 2.24) is 9.97 Å². The van der Waals surface area contributed by atoms with E-state index in [0.29, 0.717) is 17.9 Å². The molecule has 106 valence electrons. The van der Waals surface area contributed by atoms with Crippen molar-refractivity contribution < 1.29 is 8.42 Å². The predicted octanol–water partition coefficient (Wildman–Crippen LogP) is 1.73. The molecule has 0 aliphatic carbocycles. The normalized spacial score (nSPS) is 11.1. The Morgan fingerprint density at radius 2 is 1.90 bits per heavy atom. The predicted molar refractivity (Wildman–Crippen MR) is 78.2 cm³/mol. The zero-order valence-electron chi connectivity index (χ0n) is 11.3. The van der Waals surface area contributed by atoms with Gasteiger partial charge < -0.3 is 5.32 Å². The molecular weight excluding hydrogens is 276 g/mol. The maximum Gasteiger partial charge on any atom is 0.283 e. The van der Waals surface area contributed by atoms with Gasteiger partial charge >= 0.3 is 0 Å². The monoisotopic (exact) mass is 292 g/mol. The third-order valence-electron chi connectivity index (χ3n) is 2.77. The fourth-order valence-electron chi connectivity index (χ4n) is 1.74. The number of nitrogens with zero attached hydrogens (tertiary/aromatic N) is 3. The number of nitrogens with one attached hydrogen (secondary N) is 1. The topological polar surface area (TPSA) is 75.2 Å². The van der Waals surface area contributed by atoms with E-state index in [2.05, 4.69) is 15.3 Å². The van der Waals surface area contributed by atoms with Crippen LogP contribution < -0.4 is 9.62 Å². The summed E-state index contributed by atoms with van der Waals surface area (Å²) in [5.41, 5.74) is 1.03. The zero-order valence-corrected chi connectivity index (χ0v) is 12.1. The van der Waals surface area contributed by atoms with Gasteiger partial charge in [0.05, 0.1) is 11.4 Å². The van der Waals surface area contributed by atoms with Crippen LogP contribution >= 0.6 is 0 Å². The first-order chi connectivity index (χ1) is 9.57. The summed E-state index contributed by atoms with van der Waals surface area (Å²) < 4.78 is 26.5. The minimum Gasteiger partial charge on any atom is -0.383 e. The van der Waals surface area contributed by atoms with Crippen LogP contribution in [0.3, 0.4) is 0 Å². The van der Waals surface area contributed by atoms with Crippen molar-refractivity contribution in [1.29, 1.82) is 0 Å². The molecule has 0 aliphatic rings. The van der Waals surface area contributed by atoms with Crippen LogP contribution in [0.25, 0.3) is 0 Å². The van der Waals surface area contributed by atoms with Gasteiger partial charge in [0.2, 0.25) is 0 Å². The van der Waals surface area contributed by atoms with Crippen molar-refractivity contribution in [3.8, 4) is 0 Å². The fraction of sp³-hybridized carbons (Fsp3) is 0.231. The second-order valence-electron chi connectivity index (χ2n) is 4.06. The summed E-state index contributed by atoms with van der Waals surface area (Å²) in [6, 6.07) is 6.66. The van der Waals surface area contributed by atoms with E-state index in [9.17, 15) is 8.42 Å². The zero-order chi connectivity index (χ0) is 14.6. The maximum absolute atomic E-state index is 12.6. The van der Waals surface area contributed by atoms with Crippen LogP contribution in [0.1, 0.15) is 6.92 Å². The number of anilines is 2. The first-order valence-corrected chi connectivity index (χ1v) is 7.59. The Labute approximate surface area is 118 Å². The molecule has 6 nitrogen and oxygen atoms in total. The molecule has 0 aromatic carbocycles. The van der Waals surface area contributed by atoms with E-state index in [1.807, 2.05) is 6.92 Å². The molecule has 0 spiro atoms. The number of hydrogen-bond acceptors (Lipinski definition) is 5. The smallest absolute Gasteiger partial charge is 0.283 e. The molecule has 0 atom stereocenters. The van der Waals surface area contributed by atoms with E-state index in [-0.39, 0.29) is 5.03 Å². The minimum absolute atomic E-state index is 0.0150. The lowest BCUT2D eigenvalue weighted by molar-refractivity contribution is 0.591. The van der Waals surface area contributed by atoms with E-state index < -0.39 is 10.0 Å². The highest BCUT2D eigenvalue weighted by atomic mass is 32.2. The SMILES string of the molecule is CCNc1cccnc1S(=O)(=O)N(C)c1ccncc1. The number of hydrogen-bond donors (Lipinski definition) is 1. The number of sulfonamides is 1. The molecule has 0 aliphatic heterocycles. The standard InChI is InChI=1S/C13H16N4O2S/c1-3-15-12-5-4-8-16-13(12)20(18,19)17(2)11-6-9-14-10-7-11/h4-10,15H,3H2,1-2H3. The van der Waals surface area contributed by atoms with E-state index in [0.717, 1.165) is 0 Å². The van der Waals surface area contributed by atoms with E-state index >= 15 is 0 Å². The van der Waals surface area contributed by atoms with Crippen LogP contribution in [0, 0.1) is 0 Å². The maximum atomic E-state index is 12.6. The van der Waals surface area contributed by atoms with Gasteiger partial charge in [-0.1, -0.05) is 0 Å². The van der Waals surface area contributed by atoms with Gasteiger partial charge in [0, 0.05) is 32.2 Å². The van der Waals surface area contributed by atoms with Crippen molar-refractivity contribution in [2.75, 3.05) is 23.2 Å². The van der Waals surface area contributed by atoms with E-state index in [4.69, 9.17) is 0 Å². The molecule has 0 saturated heterocycles. The quantitative estimate of drug-likeness (QED) is 0.908. The Bertz CT molecular complexity index is 674. The fourth-order valence-corrected chi connectivity index (χ4v) is 3.01. The van der Waals surface area contributed by atoms with Crippen LogP contribution in [-0.4, -0.2) is 32.0 Å². The molecule has 7 heteroatoms. The third-order valence-corrected chi connectivity index (χ3v) is 4.52. The average molecular weight is 292 g/mol. The summed E-state index contributed by atoms with van der Waals surface area (Å²) in [6.07, 6.45) is 4.56. The molecule has 2 heterocycles. The summed E-state index contributed by atoms with van der Waals surface area (Å²) in [5.74, 6) is 0. The minimum atomic E-state index is -3.71. The number of rotatable bonds is 5. The van der Waals surface area contributed by atoms with Gasteiger partial charge in [-0.25, -0.2) is 4.98 Å². The van der Waals surface area contributed by atoms with Gasteiger partial charge in [0.15, 0.2) is 5.03 Å². The van der Waals surface area contributed by atoms with Gasteiger partial charge in [-0.2, -0.15) is 8.42 Å². The summed E-state index contributed by atoms with van der Waals surface area (Å²) in [4.78, 5) is 7.89. The van der Waals surface area contributed by atoms with Crippen molar-refractivity contribution in [3.63, 3.8) is 0 Å². The second-order valence-corrected chi connectivity index (χ2v) is 5.95. The molecule has 0 radical (unpaired) electrons. The van der Waals surface area contributed by atoms with Gasteiger partial charge in [0.1, 0.15) is 0 Å². The summed E-state index contributed by atoms with van der Waals surface area (Å²) in [7, 11) is -2.22. The van der Waals surface area contributed by atoms with Crippen LogP contribution in [0.2, 0.25) is 0 Å². The molecule has 0 amide bonds. The van der Waals surface area contributed by atoms with Crippen LogP contribution in [0.15, 0.2) is 47.9 Å². The highest BCUT2D eigenvalue weighted by Crippen LogP contribution is 2.24. The first kappa shape index (κ1) is 14.3. The average Bonchev–Trinajstić information content (AvgIpc) is 2.48. The van der Waals surface area contributed by atoms with Gasteiger partial charge in [0.25, 0.3) is 10.0 Å². The summed E-state index contributed by atoms with van der Waals surface area (Å²) in [6.45, 7) is 2.52. The lowest BCUT2D eigenvalue weighted by atomic mass is 10.4. The third kappa shape index (κ3) is 2.72. The molecule has 0 bridgehead atoms. The molecule has 20 heavy (non-hydrogen) atoms. The first-order valence-electron chi connectivity index (χ1n) is 6.15. The van der Waals surface area contributed by atoms with Crippen molar-refractivity contribution in [2.24, 2.45) is 0 Å². The Balaban J connectivity index is 2.45. The molecular formula is C13H16N4O2S. The van der Waals surface area contributed by atoms with Gasteiger partial charge in [-0.05, 0) is 31.2 Å². The van der Waals surface area contributed by atoms with Gasteiger partial charge in [-0.15, -0.1) is 0 Å². The molecule has 0 saturated carbocycles. The van der Waals surface area contributed by atoms with Crippen molar-refractivity contribution in [3.05, 3.63) is 42.9 Å². The lowest BCUT2D eigenvalue weighted by Gasteiger charge is -2.20. The van der Waals surface area contributed by atoms with E-state index in [1.165, 1.54) is 17.5 Å². The largest absolute Gasteiger partial charge is 0.383 e. The Hall–Kier alpha value is -2.15. The van der Waals surface area contributed by atoms with Gasteiger partial charge in [-0.3, -0.25) is 9.29 Å². The molecule has 1 N–H and O–H groups in total. The molecule has 0 unspecified atom stereocenters. The highest BCUT2D eigenvalue weighted by molar-refractivity contribution is 7.92. The van der Waals surface area contributed by atoms with Crippen LogP contribution in [0.4, 0.5) is 11.4 Å². The Morgan fingerprint density at radius 3 is 2.55 bits per heavy atom. The second kappa shape index (κ2) is 5.87. The Kier molecular flexibility index (Phi) is 4.19. The molecule has 2 aromatic heterocycles. The number of aromatic nitrogens is 2. The van der Waals surface area contributed by atoms with E-state index in [1.54, 1.807) is 36.7 Å². The molecule has 2 aromatic rings. The lowest BCUT2D eigenvalue weighted by Crippen LogP contribution is -2.28. The van der Waals surface area contributed by atoms with Crippen LogP contribution in [-0.2, 0) is 10.0 Å². The number of pyridine rings is 2. The Morgan fingerprint density at radius 1 is 1.20 bits per heavy atom. The van der Waals surface area contributed by atoms with Crippen LogP contribution in [0.5, 0.6) is 0 Å². The molecule has 2 rings (SSSR count). The molecule has 0 fully saturated rings. The highest BCUT2D eigenvalue weighted by Gasteiger charge is 2.25. The van der Waals surface area contributed by atoms with Crippen molar-refractivity contribution >= 4 is 21.4 Å². The van der Waals surface area contributed by atoms with Crippen molar-refractivity contribution in [2.45, 2.75) is 11.9 Å².